The van der Waals surface area contributed by atoms with E-state index in [0.717, 1.165) is 50.2 Å². The number of hydrogen-bond acceptors (Lipinski definition) is 4. The maximum atomic E-state index is 11.8. The van der Waals surface area contributed by atoms with Crippen LogP contribution in [0.2, 0.25) is 5.02 Å². The molecule has 0 radical (unpaired) electrons. The molecule has 0 bridgehead atoms. The molecule has 1 aromatic rings. The number of carbonyl (C=O) groups is 1. The first-order valence-corrected chi connectivity index (χ1v) is 9.91. The van der Waals surface area contributed by atoms with Crippen LogP contribution in [-0.2, 0) is 4.79 Å². The predicted octanol–water partition coefficient (Wildman–Crippen LogP) is 3.30. The molecule has 1 unspecified atom stereocenters. The van der Waals surface area contributed by atoms with E-state index in [1.54, 1.807) is 7.11 Å². The molecule has 1 saturated heterocycles. The quantitative estimate of drug-likeness (QED) is 0.725. The van der Waals surface area contributed by atoms with E-state index in [1.165, 1.54) is 5.56 Å². The van der Waals surface area contributed by atoms with Gasteiger partial charge in [-0.25, -0.2) is 0 Å². The van der Waals surface area contributed by atoms with Gasteiger partial charge in [0.15, 0.2) is 0 Å². The molecule has 1 amide bonds. The minimum absolute atomic E-state index is 0.134. The van der Waals surface area contributed by atoms with Crippen LogP contribution in [0, 0.1) is 6.92 Å². The Labute approximate surface area is 162 Å². The second-order valence-corrected chi connectivity index (χ2v) is 7.55. The largest absolute Gasteiger partial charge is 0.495 e. The zero-order valence-corrected chi connectivity index (χ0v) is 17.2. The standard InChI is InChI=1S/C20H32ClN3O2/c1-5-8-22-19(25)13-24-9-6-17(7-10-24)23-15(3)16-11-14(2)20(26-4)18(21)12-16/h11-12,15,17,23H,5-10,13H2,1-4H3,(H,22,25). The van der Waals surface area contributed by atoms with Crippen LogP contribution in [0.3, 0.4) is 0 Å². The Bertz CT molecular complexity index is 578. The molecule has 2 N–H and O–H groups in total. The molecule has 2 rings (SSSR count). The molecule has 146 valence electrons. The first kappa shape index (κ1) is 21.0. The van der Waals surface area contributed by atoms with E-state index < -0.39 is 0 Å². The van der Waals surface area contributed by atoms with Gasteiger partial charge in [-0.05, 0) is 50.3 Å². The summed E-state index contributed by atoms with van der Waals surface area (Å²) in [5, 5.41) is 7.31. The summed E-state index contributed by atoms with van der Waals surface area (Å²) in [6.45, 7) is 9.42. The van der Waals surface area contributed by atoms with Crippen molar-refractivity contribution in [3.8, 4) is 5.75 Å². The van der Waals surface area contributed by atoms with Gasteiger partial charge >= 0.3 is 0 Å². The number of hydrogen-bond donors (Lipinski definition) is 2. The molecule has 0 spiro atoms. The maximum absolute atomic E-state index is 11.8. The van der Waals surface area contributed by atoms with Gasteiger partial charge in [0, 0.05) is 31.7 Å². The summed E-state index contributed by atoms with van der Waals surface area (Å²) < 4.78 is 5.34. The van der Waals surface area contributed by atoms with E-state index >= 15 is 0 Å². The Morgan fingerprint density at radius 3 is 2.65 bits per heavy atom. The van der Waals surface area contributed by atoms with Crippen molar-refractivity contribution >= 4 is 17.5 Å². The van der Waals surface area contributed by atoms with E-state index in [4.69, 9.17) is 16.3 Å². The molecule has 1 aliphatic heterocycles. The number of halogens is 1. The van der Waals surface area contributed by atoms with Crippen LogP contribution in [0.5, 0.6) is 5.75 Å². The molecule has 0 aromatic heterocycles. The fourth-order valence-corrected chi connectivity index (χ4v) is 3.85. The summed E-state index contributed by atoms with van der Waals surface area (Å²) in [6.07, 6.45) is 3.08. The summed E-state index contributed by atoms with van der Waals surface area (Å²) in [5.41, 5.74) is 2.23. The Morgan fingerprint density at radius 1 is 1.38 bits per heavy atom. The van der Waals surface area contributed by atoms with E-state index in [-0.39, 0.29) is 11.9 Å². The Hall–Kier alpha value is -1.30. The number of nitrogens with one attached hydrogen (secondary N) is 2. The van der Waals surface area contributed by atoms with Gasteiger partial charge in [-0.2, -0.15) is 0 Å². The van der Waals surface area contributed by atoms with E-state index in [1.807, 2.05) is 13.0 Å². The number of piperidine rings is 1. The lowest BCUT2D eigenvalue weighted by Crippen LogP contribution is -2.46. The normalized spacial score (nSPS) is 17.1. The van der Waals surface area contributed by atoms with Crippen LogP contribution >= 0.6 is 11.6 Å². The summed E-state index contributed by atoms with van der Waals surface area (Å²) in [7, 11) is 1.64. The van der Waals surface area contributed by atoms with E-state index in [9.17, 15) is 4.79 Å². The topological polar surface area (TPSA) is 53.6 Å². The monoisotopic (exact) mass is 381 g/mol. The number of nitrogens with zero attached hydrogens (tertiary/aromatic N) is 1. The maximum Gasteiger partial charge on any atom is 0.234 e. The van der Waals surface area contributed by atoms with Crippen LogP contribution in [0.15, 0.2) is 12.1 Å². The van der Waals surface area contributed by atoms with Crippen LogP contribution in [0.25, 0.3) is 0 Å². The fraction of sp³-hybridized carbons (Fsp3) is 0.650. The number of amides is 1. The Balaban J connectivity index is 1.83. The molecule has 26 heavy (non-hydrogen) atoms. The number of benzene rings is 1. The van der Waals surface area contributed by atoms with Crippen molar-refractivity contribution in [2.24, 2.45) is 0 Å². The van der Waals surface area contributed by atoms with Crippen LogP contribution < -0.4 is 15.4 Å². The lowest BCUT2D eigenvalue weighted by Gasteiger charge is -2.33. The van der Waals surface area contributed by atoms with Crippen LogP contribution in [0.4, 0.5) is 0 Å². The number of methoxy groups -OCH3 is 1. The summed E-state index contributed by atoms with van der Waals surface area (Å²) in [6, 6.07) is 4.80. The van der Waals surface area contributed by atoms with E-state index in [0.29, 0.717) is 17.6 Å². The fourth-order valence-electron chi connectivity index (χ4n) is 3.50. The molecule has 1 heterocycles. The Morgan fingerprint density at radius 2 is 2.08 bits per heavy atom. The number of aryl methyl sites for hydroxylation is 1. The number of rotatable bonds is 8. The van der Waals surface area contributed by atoms with Gasteiger partial charge in [0.05, 0.1) is 18.7 Å². The van der Waals surface area contributed by atoms with Gasteiger partial charge in [0.25, 0.3) is 0 Å². The SMILES string of the molecule is CCCNC(=O)CN1CCC(NC(C)c2cc(C)c(OC)c(Cl)c2)CC1. The predicted molar refractivity (Wildman–Crippen MR) is 107 cm³/mol. The first-order chi connectivity index (χ1) is 12.4. The minimum Gasteiger partial charge on any atom is -0.495 e. The van der Waals surface area contributed by atoms with Gasteiger partial charge in [0.2, 0.25) is 5.91 Å². The molecular formula is C20H32ClN3O2. The number of likely N-dealkylation sites (tertiary alicyclic amines) is 1. The Kier molecular flexibility index (Phi) is 8.19. The average molecular weight is 382 g/mol. The zero-order valence-electron chi connectivity index (χ0n) is 16.4. The lowest BCUT2D eigenvalue weighted by atomic mass is 10.00. The van der Waals surface area contributed by atoms with Gasteiger partial charge in [0.1, 0.15) is 5.75 Å². The zero-order chi connectivity index (χ0) is 19.1. The highest BCUT2D eigenvalue weighted by atomic mass is 35.5. The third-order valence-electron chi connectivity index (χ3n) is 4.97. The number of carbonyl (C=O) groups excluding carboxylic acids is 1. The average Bonchev–Trinajstić information content (AvgIpc) is 2.61. The second kappa shape index (κ2) is 10.1. The van der Waals surface area contributed by atoms with E-state index in [2.05, 4.69) is 35.4 Å². The van der Waals surface area contributed by atoms with Crippen molar-refractivity contribution in [2.75, 3.05) is 33.3 Å². The highest BCUT2D eigenvalue weighted by Crippen LogP contribution is 2.32. The van der Waals surface area contributed by atoms with Gasteiger partial charge < -0.3 is 15.4 Å². The van der Waals surface area contributed by atoms with Crippen molar-refractivity contribution < 1.29 is 9.53 Å². The second-order valence-electron chi connectivity index (χ2n) is 7.14. The van der Waals surface area contributed by atoms with Crippen LogP contribution in [-0.4, -0.2) is 50.1 Å². The molecule has 0 aliphatic carbocycles. The van der Waals surface area contributed by atoms with Gasteiger partial charge in [-0.3, -0.25) is 9.69 Å². The van der Waals surface area contributed by atoms with Crippen molar-refractivity contribution in [1.82, 2.24) is 15.5 Å². The van der Waals surface area contributed by atoms with Crippen molar-refractivity contribution in [3.63, 3.8) is 0 Å². The summed E-state index contributed by atoms with van der Waals surface area (Å²) >= 11 is 6.33. The summed E-state index contributed by atoms with van der Waals surface area (Å²) in [4.78, 5) is 14.1. The van der Waals surface area contributed by atoms with Crippen molar-refractivity contribution in [2.45, 2.75) is 52.1 Å². The van der Waals surface area contributed by atoms with Crippen LogP contribution in [0.1, 0.15) is 50.3 Å². The minimum atomic E-state index is 0.134. The molecular weight excluding hydrogens is 350 g/mol. The third kappa shape index (κ3) is 5.86. The van der Waals surface area contributed by atoms with Crippen molar-refractivity contribution in [1.29, 1.82) is 0 Å². The highest BCUT2D eigenvalue weighted by molar-refractivity contribution is 6.32. The smallest absolute Gasteiger partial charge is 0.234 e. The third-order valence-corrected chi connectivity index (χ3v) is 5.25. The molecule has 1 fully saturated rings. The molecule has 6 heteroatoms. The molecule has 1 aromatic carbocycles. The summed E-state index contributed by atoms with van der Waals surface area (Å²) in [5.74, 6) is 0.882. The molecule has 5 nitrogen and oxygen atoms in total. The van der Waals surface area contributed by atoms with Gasteiger partial charge in [-0.15, -0.1) is 0 Å². The van der Waals surface area contributed by atoms with Gasteiger partial charge in [-0.1, -0.05) is 24.6 Å². The highest BCUT2D eigenvalue weighted by Gasteiger charge is 2.22. The van der Waals surface area contributed by atoms with Crippen molar-refractivity contribution in [3.05, 3.63) is 28.3 Å². The number of ether oxygens (including phenoxy) is 1. The first-order valence-electron chi connectivity index (χ1n) is 9.53. The molecule has 1 aliphatic rings. The molecule has 1 atom stereocenters. The molecule has 0 saturated carbocycles. The lowest BCUT2D eigenvalue weighted by molar-refractivity contribution is -0.122.